The van der Waals surface area contributed by atoms with E-state index in [4.69, 9.17) is 0 Å². The Balaban J connectivity index is 1.68. The molecule has 4 aromatic rings. The molecule has 168 valence electrons. The van der Waals surface area contributed by atoms with E-state index in [9.17, 15) is 8.42 Å². The van der Waals surface area contributed by atoms with Gasteiger partial charge in [0.1, 0.15) is 0 Å². The fourth-order valence-electron chi connectivity index (χ4n) is 4.90. The first-order valence-electron chi connectivity index (χ1n) is 11.3. The van der Waals surface area contributed by atoms with Crippen LogP contribution in [-0.4, -0.2) is 24.8 Å². The average molecular weight is 457 g/mol. The number of allylic oxidation sites excluding steroid dienone is 2. The molecule has 4 nitrogen and oxygen atoms in total. The van der Waals surface area contributed by atoms with Crippen molar-refractivity contribution in [3.05, 3.63) is 107 Å². The van der Waals surface area contributed by atoms with Gasteiger partial charge in [-0.25, -0.2) is 8.42 Å². The minimum absolute atomic E-state index is 0.0114. The van der Waals surface area contributed by atoms with E-state index < -0.39 is 10.0 Å². The number of likely N-dealkylation sites (N-methyl/N-ethyl adjacent to an activating group) is 1. The lowest BCUT2D eigenvalue weighted by atomic mass is 9.95. The van der Waals surface area contributed by atoms with Crippen LogP contribution in [0.1, 0.15) is 41.0 Å². The molecule has 0 fully saturated rings. The monoisotopic (exact) mass is 456 g/mol. The van der Waals surface area contributed by atoms with Gasteiger partial charge in [-0.1, -0.05) is 65.7 Å². The van der Waals surface area contributed by atoms with Crippen molar-refractivity contribution in [1.29, 1.82) is 0 Å². The predicted molar refractivity (Wildman–Crippen MR) is 135 cm³/mol. The highest BCUT2D eigenvalue weighted by Gasteiger charge is 2.36. The van der Waals surface area contributed by atoms with Crippen LogP contribution in [-0.2, 0) is 10.0 Å². The predicted octanol–water partition coefficient (Wildman–Crippen LogP) is 6.39. The largest absolute Gasteiger partial charge is 0.361 e. The van der Waals surface area contributed by atoms with Crippen LogP contribution >= 0.6 is 0 Å². The van der Waals surface area contributed by atoms with Gasteiger partial charge in [-0.3, -0.25) is 4.31 Å². The summed E-state index contributed by atoms with van der Waals surface area (Å²) in [4.78, 5) is 3.69. The van der Waals surface area contributed by atoms with Crippen LogP contribution in [0.4, 0.5) is 0 Å². The van der Waals surface area contributed by atoms with E-state index in [2.05, 4.69) is 48.3 Å². The van der Waals surface area contributed by atoms with E-state index >= 15 is 0 Å². The summed E-state index contributed by atoms with van der Waals surface area (Å²) < 4.78 is 29.0. The van der Waals surface area contributed by atoms with Crippen molar-refractivity contribution in [1.82, 2.24) is 9.29 Å². The number of hydrogen-bond donors (Lipinski definition) is 1. The zero-order valence-electron chi connectivity index (χ0n) is 19.2. The molecule has 1 aliphatic rings. The second-order valence-corrected chi connectivity index (χ2v) is 10.9. The summed E-state index contributed by atoms with van der Waals surface area (Å²) in [6.45, 7) is 4.03. The molecule has 0 spiro atoms. The van der Waals surface area contributed by atoms with Crippen molar-refractivity contribution in [3.8, 4) is 0 Å². The van der Waals surface area contributed by atoms with Crippen LogP contribution in [0, 0.1) is 13.8 Å². The molecule has 0 unspecified atom stereocenters. The third-order valence-corrected chi connectivity index (χ3v) is 8.52. The molecule has 33 heavy (non-hydrogen) atoms. The van der Waals surface area contributed by atoms with E-state index in [0.717, 1.165) is 51.7 Å². The van der Waals surface area contributed by atoms with Gasteiger partial charge < -0.3 is 4.98 Å². The van der Waals surface area contributed by atoms with Crippen LogP contribution in [0.15, 0.2) is 89.6 Å². The summed E-state index contributed by atoms with van der Waals surface area (Å²) >= 11 is 0. The Morgan fingerprint density at radius 3 is 2.21 bits per heavy atom. The number of hydrogen-bond acceptors (Lipinski definition) is 2. The molecule has 1 N–H and O–H groups in total. The highest BCUT2D eigenvalue weighted by atomic mass is 32.2. The zero-order chi connectivity index (χ0) is 23.2. The molecule has 1 atom stereocenters. The zero-order valence-corrected chi connectivity index (χ0v) is 20.0. The van der Waals surface area contributed by atoms with Crippen LogP contribution < -0.4 is 0 Å². The van der Waals surface area contributed by atoms with Crippen molar-refractivity contribution in [3.63, 3.8) is 0 Å². The molecule has 3 aromatic carbocycles. The number of sulfonamides is 1. The van der Waals surface area contributed by atoms with Crippen molar-refractivity contribution < 1.29 is 8.42 Å². The molecule has 0 saturated carbocycles. The quantitative estimate of drug-likeness (QED) is 0.378. The highest BCUT2D eigenvalue weighted by molar-refractivity contribution is 7.89. The van der Waals surface area contributed by atoms with E-state index in [0.29, 0.717) is 4.90 Å². The number of aromatic nitrogens is 1. The Morgan fingerprint density at radius 1 is 0.879 bits per heavy atom. The summed E-state index contributed by atoms with van der Waals surface area (Å²) in [6.07, 6.45) is 3.74. The van der Waals surface area contributed by atoms with Crippen LogP contribution in [0.3, 0.4) is 0 Å². The van der Waals surface area contributed by atoms with E-state index in [-0.39, 0.29) is 5.92 Å². The fraction of sp³-hybridized carbons (Fsp3) is 0.214. The van der Waals surface area contributed by atoms with E-state index in [1.54, 1.807) is 19.2 Å². The van der Waals surface area contributed by atoms with Crippen molar-refractivity contribution in [2.75, 3.05) is 7.05 Å². The van der Waals surface area contributed by atoms with Gasteiger partial charge in [0.25, 0.3) is 10.0 Å². The normalized spacial score (nSPS) is 16.5. The molecule has 0 aliphatic heterocycles. The number of fused-ring (bicyclic) bond motifs is 1. The second-order valence-electron chi connectivity index (χ2n) is 8.90. The number of para-hydroxylation sites is 1. The minimum atomic E-state index is -3.70. The molecule has 0 radical (unpaired) electrons. The average Bonchev–Trinajstić information content (AvgIpc) is 3.43. The topological polar surface area (TPSA) is 53.2 Å². The summed E-state index contributed by atoms with van der Waals surface area (Å²) in [5.41, 5.74) is 7.49. The molecule has 5 heteroatoms. The van der Waals surface area contributed by atoms with Gasteiger partial charge in [-0.2, -0.15) is 0 Å². The number of aromatic amines is 1. The maximum absolute atomic E-state index is 13.7. The molecule has 0 saturated heterocycles. The van der Waals surface area contributed by atoms with E-state index in [1.807, 2.05) is 37.4 Å². The van der Waals surface area contributed by atoms with Crippen molar-refractivity contribution in [2.24, 2.45) is 0 Å². The van der Waals surface area contributed by atoms with Crippen molar-refractivity contribution in [2.45, 2.75) is 37.5 Å². The summed E-state index contributed by atoms with van der Waals surface area (Å²) in [5.74, 6) is -0.0114. The fourth-order valence-corrected chi connectivity index (χ4v) is 6.20. The first kappa shape index (κ1) is 21.5. The Morgan fingerprint density at radius 2 is 1.52 bits per heavy atom. The van der Waals surface area contributed by atoms with Crippen LogP contribution in [0.2, 0.25) is 0 Å². The highest BCUT2D eigenvalue weighted by Crippen LogP contribution is 2.47. The SMILES string of the molecule is Cc1ccc(C2=C(N(C)S(=O)(=O)c3ccc(C)cc3)[C@@H](c3c[nH]c4ccccc34)CC2)cc1. The van der Waals surface area contributed by atoms with Gasteiger partial charge in [0.15, 0.2) is 0 Å². The lowest BCUT2D eigenvalue weighted by molar-refractivity contribution is 0.505. The number of aryl methyl sites for hydroxylation is 2. The molecule has 1 heterocycles. The smallest absolute Gasteiger partial charge is 0.263 e. The first-order valence-corrected chi connectivity index (χ1v) is 12.7. The maximum atomic E-state index is 13.7. The third kappa shape index (κ3) is 3.76. The molecular weight excluding hydrogens is 428 g/mol. The Bertz CT molecular complexity index is 1450. The molecule has 0 bridgehead atoms. The standard InChI is InChI=1S/C28H28N2O2S/c1-19-8-12-21(13-9-19)23-16-17-25(26-18-29-27-7-5-4-6-24(26)27)28(23)30(3)33(31,32)22-14-10-20(2)11-15-22/h4-15,18,25,29H,16-17H2,1-3H3/t25-/m1/s1. The molecule has 1 aliphatic carbocycles. The molecule has 5 rings (SSSR count). The summed E-state index contributed by atoms with van der Waals surface area (Å²) in [6, 6.07) is 23.7. The maximum Gasteiger partial charge on any atom is 0.263 e. The van der Waals surface area contributed by atoms with Crippen LogP contribution in [0.25, 0.3) is 16.5 Å². The lowest BCUT2D eigenvalue weighted by Gasteiger charge is -2.27. The van der Waals surface area contributed by atoms with Gasteiger partial charge in [0.2, 0.25) is 0 Å². The van der Waals surface area contributed by atoms with Gasteiger partial charge in [0.05, 0.1) is 4.90 Å². The minimum Gasteiger partial charge on any atom is -0.361 e. The number of H-pyrrole nitrogens is 1. The second kappa shape index (κ2) is 8.23. The Kier molecular flexibility index (Phi) is 5.37. The van der Waals surface area contributed by atoms with E-state index in [1.165, 1.54) is 9.87 Å². The van der Waals surface area contributed by atoms with Crippen LogP contribution in [0.5, 0.6) is 0 Å². The number of nitrogens with one attached hydrogen (secondary N) is 1. The first-order chi connectivity index (χ1) is 15.9. The Hall–Kier alpha value is -3.31. The lowest BCUT2D eigenvalue weighted by Crippen LogP contribution is -2.28. The number of rotatable bonds is 5. The van der Waals surface area contributed by atoms with Gasteiger partial charge in [-0.05, 0) is 61.6 Å². The summed E-state index contributed by atoms with van der Waals surface area (Å²) in [5, 5.41) is 1.14. The number of benzene rings is 3. The molecular formula is C28H28N2O2S. The number of nitrogens with zero attached hydrogens (tertiary/aromatic N) is 1. The Labute approximate surface area is 195 Å². The molecule has 0 amide bonds. The third-order valence-electron chi connectivity index (χ3n) is 6.74. The van der Waals surface area contributed by atoms with Gasteiger partial charge in [0, 0.05) is 35.8 Å². The summed E-state index contributed by atoms with van der Waals surface area (Å²) in [7, 11) is -2.00. The van der Waals surface area contributed by atoms with Gasteiger partial charge >= 0.3 is 0 Å². The van der Waals surface area contributed by atoms with Gasteiger partial charge in [-0.15, -0.1) is 0 Å². The van der Waals surface area contributed by atoms with Crippen molar-refractivity contribution >= 4 is 26.5 Å². The molecule has 1 aromatic heterocycles.